The fourth-order valence-electron chi connectivity index (χ4n) is 1.52. The lowest BCUT2D eigenvalue weighted by molar-refractivity contribution is -0.141. The van der Waals surface area contributed by atoms with Crippen LogP contribution in [0.15, 0.2) is 18.2 Å². The largest absolute Gasteiger partial charge is 0.480 e. The van der Waals surface area contributed by atoms with Crippen LogP contribution in [0.3, 0.4) is 0 Å². The lowest BCUT2D eigenvalue weighted by Crippen LogP contribution is -2.38. The van der Waals surface area contributed by atoms with Crippen molar-refractivity contribution in [3.8, 4) is 0 Å². The maximum absolute atomic E-state index is 12.9. The zero-order chi connectivity index (χ0) is 14.4. The lowest BCUT2D eigenvalue weighted by atomic mass is 10.1. The Balaban J connectivity index is 2.35. The number of aryl methyl sites for hydroxylation is 1. The molecular formula is C13H15F2NO3. The number of aliphatic carboxylic acids is 1. The molecule has 0 saturated carbocycles. The molecule has 0 heterocycles. The first-order chi connectivity index (χ1) is 8.90. The van der Waals surface area contributed by atoms with Gasteiger partial charge in [0.25, 0.3) is 0 Å². The van der Waals surface area contributed by atoms with E-state index in [9.17, 15) is 18.4 Å². The molecule has 19 heavy (non-hydrogen) atoms. The number of hydrogen-bond donors (Lipinski definition) is 2. The number of benzene rings is 1. The van der Waals surface area contributed by atoms with Gasteiger partial charge in [0.15, 0.2) is 11.6 Å². The molecule has 6 heteroatoms. The Bertz CT molecular complexity index is 477. The van der Waals surface area contributed by atoms with Gasteiger partial charge in [-0.3, -0.25) is 9.59 Å². The molecule has 0 aromatic heterocycles. The molecule has 1 aromatic carbocycles. The van der Waals surface area contributed by atoms with E-state index in [1.165, 1.54) is 13.0 Å². The van der Waals surface area contributed by atoms with Crippen LogP contribution in [-0.2, 0) is 16.0 Å². The molecule has 1 rings (SSSR count). The summed E-state index contributed by atoms with van der Waals surface area (Å²) in [7, 11) is 0. The van der Waals surface area contributed by atoms with Gasteiger partial charge >= 0.3 is 5.97 Å². The maximum atomic E-state index is 12.9. The fraction of sp³-hybridized carbons (Fsp3) is 0.385. The standard InChI is InChI=1S/C13H15F2NO3/c1-8(13(18)19)16-12(17)4-2-3-9-5-6-10(14)11(15)7-9/h5-8H,2-4H2,1H3,(H,16,17)(H,18,19)/t8-/m0/s1. The summed E-state index contributed by atoms with van der Waals surface area (Å²) < 4.78 is 25.6. The molecule has 0 fully saturated rings. The highest BCUT2D eigenvalue weighted by atomic mass is 19.2. The molecule has 0 spiro atoms. The number of carbonyl (C=O) groups is 2. The lowest BCUT2D eigenvalue weighted by Gasteiger charge is -2.09. The zero-order valence-corrected chi connectivity index (χ0v) is 10.5. The van der Waals surface area contributed by atoms with Crippen LogP contribution in [0.5, 0.6) is 0 Å². The summed E-state index contributed by atoms with van der Waals surface area (Å²) >= 11 is 0. The molecule has 1 amide bonds. The third kappa shape index (κ3) is 5.03. The second-order valence-corrected chi connectivity index (χ2v) is 4.23. The molecule has 0 aliphatic carbocycles. The summed E-state index contributed by atoms with van der Waals surface area (Å²) in [6.45, 7) is 1.37. The Morgan fingerprint density at radius 1 is 1.32 bits per heavy atom. The van der Waals surface area contributed by atoms with E-state index in [0.717, 1.165) is 12.1 Å². The van der Waals surface area contributed by atoms with Crippen LogP contribution in [0.2, 0.25) is 0 Å². The Labute approximate surface area is 109 Å². The number of carboxylic acids is 1. The van der Waals surface area contributed by atoms with E-state index >= 15 is 0 Å². The molecule has 1 atom stereocenters. The minimum absolute atomic E-state index is 0.136. The minimum atomic E-state index is -1.10. The van der Waals surface area contributed by atoms with Crippen molar-refractivity contribution < 1.29 is 23.5 Å². The van der Waals surface area contributed by atoms with Gasteiger partial charge in [0.05, 0.1) is 0 Å². The number of halogens is 2. The highest BCUT2D eigenvalue weighted by molar-refractivity contribution is 5.83. The predicted molar refractivity (Wildman–Crippen MR) is 64.5 cm³/mol. The van der Waals surface area contributed by atoms with Crippen molar-refractivity contribution >= 4 is 11.9 Å². The molecule has 2 N–H and O–H groups in total. The number of amides is 1. The van der Waals surface area contributed by atoms with Gasteiger partial charge in [-0.05, 0) is 37.5 Å². The minimum Gasteiger partial charge on any atom is -0.480 e. The van der Waals surface area contributed by atoms with E-state index in [1.54, 1.807) is 0 Å². The summed E-state index contributed by atoms with van der Waals surface area (Å²) in [5, 5.41) is 10.9. The molecule has 4 nitrogen and oxygen atoms in total. The van der Waals surface area contributed by atoms with Crippen LogP contribution < -0.4 is 5.32 Å². The van der Waals surface area contributed by atoms with E-state index in [2.05, 4.69) is 5.32 Å². The SMILES string of the molecule is C[C@H](NC(=O)CCCc1ccc(F)c(F)c1)C(=O)O. The van der Waals surface area contributed by atoms with Crippen molar-refractivity contribution in [2.24, 2.45) is 0 Å². The first-order valence-electron chi connectivity index (χ1n) is 5.86. The highest BCUT2D eigenvalue weighted by Crippen LogP contribution is 2.11. The molecule has 0 aliphatic heterocycles. The van der Waals surface area contributed by atoms with Gasteiger partial charge in [0, 0.05) is 6.42 Å². The normalized spacial score (nSPS) is 11.9. The molecule has 1 aromatic rings. The fourth-order valence-corrected chi connectivity index (χ4v) is 1.52. The van der Waals surface area contributed by atoms with Gasteiger partial charge in [0.1, 0.15) is 6.04 Å². The highest BCUT2D eigenvalue weighted by Gasteiger charge is 2.13. The topological polar surface area (TPSA) is 66.4 Å². The third-order valence-corrected chi connectivity index (χ3v) is 2.60. The number of carboxylic acid groups (broad SMARTS) is 1. The van der Waals surface area contributed by atoms with E-state index in [1.807, 2.05) is 0 Å². The van der Waals surface area contributed by atoms with Crippen molar-refractivity contribution in [2.45, 2.75) is 32.2 Å². The van der Waals surface area contributed by atoms with Crippen molar-refractivity contribution in [3.63, 3.8) is 0 Å². The summed E-state index contributed by atoms with van der Waals surface area (Å²) in [6, 6.07) is 2.65. The quantitative estimate of drug-likeness (QED) is 0.830. The van der Waals surface area contributed by atoms with Gasteiger partial charge in [-0.15, -0.1) is 0 Å². The first-order valence-corrected chi connectivity index (χ1v) is 5.86. The summed E-state index contributed by atoms with van der Waals surface area (Å²) in [4.78, 5) is 21.9. The van der Waals surface area contributed by atoms with Crippen LogP contribution in [0.1, 0.15) is 25.3 Å². The van der Waals surface area contributed by atoms with E-state index < -0.39 is 23.6 Å². The first kappa shape index (κ1) is 15.1. The van der Waals surface area contributed by atoms with E-state index in [-0.39, 0.29) is 12.3 Å². The van der Waals surface area contributed by atoms with Crippen LogP contribution in [0, 0.1) is 11.6 Å². The summed E-state index contributed by atoms with van der Waals surface area (Å²) in [5.74, 6) is -3.30. The van der Waals surface area contributed by atoms with E-state index in [4.69, 9.17) is 5.11 Å². The van der Waals surface area contributed by atoms with Crippen LogP contribution in [0.4, 0.5) is 8.78 Å². The van der Waals surface area contributed by atoms with Gasteiger partial charge < -0.3 is 10.4 Å². The Morgan fingerprint density at radius 2 is 2.00 bits per heavy atom. The number of carbonyl (C=O) groups excluding carboxylic acids is 1. The number of nitrogens with one attached hydrogen (secondary N) is 1. The molecule has 0 saturated heterocycles. The molecule has 0 aliphatic rings. The number of hydrogen-bond acceptors (Lipinski definition) is 2. The van der Waals surface area contributed by atoms with Gasteiger partial charge in [-0.2, -0.15) is 0 Å². The Kier molecular flexibility index (Phi) is 5.41. The Morgan fingerprint density at radius 3 is 2.58 bits per heavy atom. The zero-order valence-electron chi connectivity index (χ0n) is 10.5. The van der Waals surface area contributed by atoms with Gasteiger partial charge in [0.2, 0.25) is 5.91 Å². The van der Waals surface area contributed by atoms with Crippen LogP contribution in [0.25, 0.3) is 0 Å². The summed E-state index contributed by atoms with van der Waals surface area (Å²) in [5.41, 5.74) is 0.595. The van der Waals surface area contributed by atoms with E-state index in [0.29, 0.717) is 18.4 Å². The van der Waals surface area contributed by atoms with Gasteiger partial charge in [-0.1, -0.05) is 6.07 Å². The van der Waals surface area contributed by atoms with Crippen molar-refractivity contribution in [3.05, 3.63) is 35.4 Å². The molecular weight excluding hydrogens is 256 g/mol. The predicted octanol–water partition coefficient (Wildman–Crippen LogP) is 1.88. The van der Waals surface area contributed by atoms with Crippen molar-refractivity contribution in [1.82, 2.24) is 5.32 Å². The molecule has 104 valence electrons. The van der Waals surface area contributed by atoms with Crippen molar-refractivity contribution in [2.75, 3.05) is 0 Å². The average molecular weight is 271 g/mol. The third-order valence-electron chi connectivity index (χ3n) is 2.60. The average Bonchev–Trinajstić information content (AvgIpc) is 2.33. The smallest absolute Gasteiger partial charge is 0.325 e. The second kappa shape index (κ2) is 6.82. The summed E-state index contributed by atoms with van der Waals surface area (Å²) in [6.07, 6.45) is 0.992. The Hall–Kier alpha value is -1.98. The van der Waals surface area contributed by atoms with Crippen LogP contribution >= 0.6 is 0 Å². The van der Waals surface area contributed by atoms with Crippen molar-refractivity contribution in [1.29, 1.82) is 0 Å². The second-order valence-electron chi connectivity index (χ2n) is 4.23. The maximum Gasteiger partial charge on any atom is 0.325 e. The molecule has 0 unspecified atom stereocenters. The van der Waals surface area contributed by atoms with Gasteiger partial charge in [-0.25, -0.2) is 8.78 Å². The molecule has 0 bridgehead atoms. The molecule has 0 radical (unpaired) electrons. The number of rotatable bonds is 6. The monoisotopic (exact) mass is 271 g/mol. The van der Waals surface area contributed by atoms with Crippen LogP contribution in [-0.4, -0.2) is 23.0 Å².